The maximum absolute atomic E-state index is 11.8. The Kier molecular flexibility index (Phi) is 7.79. The fraction of sp³-hybridized carbons (Fsp3) is 0.562. The molecule has 5 nitrogen and oxygen atoms in total. The highest BCUT2D eigenvalue weighted by atomic mass is 16.5. The first kappa shape index (κ1) is 17.5. The topological polar surface area (TPSA) is 73.6 Å². The van der Waals surface area contributed by atoms with Gasteiger partial charge in [-0.25, -0.2) is 0 Å². The van der Waals surface area contributed by atoms with E-state index in [2.05, 4.69) is 19.2 Å². The number of nitrogen functional groups attached to an aromatic ring is 1. The summed E-state index contributed by atoms with van der Waals surface area (Å²) in [6.45, 7) is 8.33. The van der Waals surface area contributed by atoms with E-state index in [1.807, 2.05) is 19.1 Å². The van der Waals surface area contributed by atoms with Gasteiger partial charge in [0.05, 0.1) is 26.2 Å². The molecule has 1 aromatic carbocycles. The molecule has 5 heteroatoms. The number of hydrogen-bond donors (Lipinski definition) is 2. The normalized spacial score (nSPS) is 10.9. The Morgan fingerprint density at radius 3 is 2.62 bits per heavy atom. The summed E-state index contributed by atoms with van der Waals surface area (Å²) >= 11 is 0. The van der Waals surface area contributed by atoms with Crippen LogP contribution < -0.4 is 11.1 Å². The van der Waals surface area contributed by atoms with Gasteiger partial charge in [0.2, 0.25) is 5.91 Å². The van der Waals surface area contributed by atoms with Gasteiger partial charge in [0.1, 0.15) is 0 Å². The fourth-order valence-corrected chi connectivity index (χ4v) is 1.74. The molecule has 21 heavy (non-hydrogen) atoms. The van der Waals surface area contributed by atoms with Crippen LogP contribution in [0, 0.1) is 12.8 Å². The second-order valence-corrected chi connectivity index (χ2v) is 5.45. The summed E-state index contributed by atoms with van der Waals surface area (Å²) in [6.07, 6.45) is 0.327. The van der Waals surface area contributed by atoms with Gasteiger partial charge in [0.15, 0.2) is 0 Å². The number of benzene rings is 1. The zero-order valence-corrected chi connectivity index (χ0v) is 13.1. The first-order chi connectivity index (χ1) is 9.99. The Balaban J connectivity index is 2.14. The smallest absolute Gasteiger partial charge is 0.226 e. The fourth-order valence-electron chi connectivity index (χ4n) is 1.74. The molecule has 0 unspecified atom stereocenters. The maximum atomic E-state index is 11.8. The molecule has 1 amide bonds. The van der Waals surface area contributed by atoms with E-state index >= 15 is 0 Å². The summed E-state index contributed by atoms with van der Waals surface area (Å²) in [4.78, 5) is 11.8. The lowest BCUT2D eigenvalue weighted by atomic mass is 10.2. The zero-order chi connectivity index (χ0) is 15.7. The summed E-state index contributed by atoms with van der Waals surface area (Å²) in [5.41, 5.74) is 8.10. The molecular weight excluding hydrogens is 268 g/mol. The van der Waals surface area contributed by atoms with E-state index in [1.54, 1.807) is 6.07 Å². The van der Waals surface area contributed by atoms with Crippen LogP contribution in [0.2, 0.25) is 0 Å². The lowest BCUT2D eigenvalue weighted by Gasteiger charge is -2.10. The molecule has 0 fully saturated rings. The second-order valence-electron chi connectivity index (χ2n) is 5.45. The van der Waals surface area contributed by atoms with Crippen LogP contribution in [0.3, 0.4) is 0 Å². The molecule has 0 aliphatic rings. The average molecular weight is 294 g/mol. The van der Waals surface area contributed by atoms with Crippen molar-refractivity contribution < 1.29 is 14.3 Å². The molecule has 0 saturated carbocycles. The van der Waals surface area contributed by atoms with Crippen molar-refractivity contribution in [1.29, 1.82) is 0 Å². The van der Waals surface area contributed by atoms with Gasteiger partial charge in [0.25, 0.3) is 0 Å². The molecule has 0 bridgehead atoms. The minimum Gasteiger partial charge on any atom is -0.399 e. The molecular formula is C16H26N2O3. The van der Waals surface area contributed by atoms with E-state index in [4.69, 9.17) is 15.2 Å². The van der Waals surface area contributed by atoms with Gasteiger partial charge in [-0.3, -0.25) is 4.79 Å². The zero-order valence-electron chi connectivity index (χ0n) is 13.1. The molecule has 0 saturated heterocycles. The maximum Gasteiger partial charge on any atom is 0.226 e. The number of amides is 1. The summed E-state index contributed by atoms with van der Waals surface area (Å²) in [6, 6.07) is 5.41. The number of rotatable bonds is 9. The lowest BCUT2D eigenvalue weighted by Crippen LogP contribution is -2.16. The summed E-state index contributed by atoms with van der Waals surface area (Å²) in [5.74, 6) is 0.463. The Bertz CT molecular complexity index is 447. The predicted octanol–water partition coefficient (Wildman–Crippen LogP) is 2.60. The number of aryl methyl sites for hydroxylation is 1. The Hall–Kier alpha value is -1.59. The van der Waals surface area contributed by atoms with E-state index in [-0.39, 0.29) is 5.91 Å². The molecule has 0 spiro atoms. The number of nitrogens with one attached hydrogen (secondary N) is 1. The number of carbonyl (C=O) groups is 1. The van der Waals surface area contributed by atoms with Crippen molar-refractivity contribution in [3.05, 3.63) is 23.8 Å². The van der Waals surface area contributed by atoms with Crippen LogP contribution in [0.4, 0.5) is 11.4 Å². The van der Waals surface area contributed by atoms with Gasteiger partial charge in [-0.05, 0) is 36.6 Å². The SMILES string of the molecule is Cc1cc(N)ccc1NC(=O)CCOCCOCC(C)C. The molecule has 0 aromatic heterocycles. The van der Waals surface area contributed by atoms with Crippen LogP contribution in [-0.4, -0.2) is 32.3 Å². The van der Waals surface area contributed by atoms with Gasteiger partial charge in [-0.15, -0.1) is 0 Å². The van der Waals surface area contributed by atoms with E-state index in [1.165, 1.54) is 0 Å². The Labute approximate surface area is 126 Å². The molecule has 0 atom stereocenters. The van der Waals surface area contributed by atoms with Crippen molar-refractivity contribution in [1.82, 2.24) is 0 Å². The molecule has 0 aliphatic carbocycles. The van der Waals surface area contributed by atoms with Crippen molar-refractivity contribution in [3.8, 4) is 0 Å². The Morgan fingerprint density at radius 2 is 1.95 bits per heavy atom. The quantitative estimate of drug-likeness (QED) is 0.542. The Morgan fingerprint density at radius 1 is 1.24 bits per heavy atom. The van der Waals surface area contributed by atoms with E-state index in [0.29, 0.717) is 37.8 Å². The van der Waals surface area contributed by atoms with Gasteiger partial charge in [-0.1, -0.05) is 13.8 Å². The van der Waals surface area contributed by atoms with Crippen LogP contribution in [-0.2, 0) is 14.3 Å². The van der Waals surface area contributed by atoms with E-state index in [0.717, 1.165) is 17.9 Å². The highest BCUT2D eigenvalue weighted by molar-refractivity contribution is 5.91. The molecule has 3 N–H and O–H groups in total. The molecule has 1 rings (SSSR count). The van der Waals surface area contributed by atoms with Crippen LogP contribution >= 0.6 is 0 Å². The minimum atomic E-state index is -0.0639. The van der Waals surface area contributed by atoms with Crippen molar-refractivity contribution in [3.63, 3.8) is 0 Å². The van der Waals surface area contributed by atoms with Crippen LogP contribution in [0.15, 0.2) is 18.2 Å². The van der Waals surface area contributed by atoms with Gasteiger partial charge in [-0.2, -0.15) is 0 Å². The van der Waals surface area contributed by atoms with Gasteiger partial charge >= 0.3 is 0 Å². The third-order valence-corrected chi connectivity index (χ3v) is 2.82. The standard InChI is InChI=1S/C16H26N2O3/c1-12(2)11-21-9-8-20-7-6-16(19)18-15-5-4-14(17)10-13(15)3/h4-5,10,12H,6-9,11,17H2,1-3H3,(H,18,19). The molecule has 118 valence electrons. The second kappa shape index (κ2) is 9.37. The third-order valence-electron chi connectivity index (χ3n) is 2.82. The monoisotopic (exact) mass is 294 g/mol. The molecule has 1 aromatic rings. The number of nitrogens with two attached hydrogens (primary N) is 1. The highest BCUT2D eigenvalue weighted by Gasteiger charge is 2.05. The summed E-state index contributed by atoms with van der Waals surface area (Å²) < 4.78 is 10.8. The van der Waals surface area contributed by atoms with Crippen LogP contribution in [0.25, 0.3) is 0 Å². The van der Waals surface area contributed by atoms with Crippen molar-refractivity contribution in [2.24, 2.45) is 5.92 Å². The number of ether oxygens (including phenoxy) is 2. The first-order valence-electron chi connectivity index (χ1n) is 7.30. The van der Waals surface area contributed by atoms with Crippen molar-refractivity contribution >= 4 is 17.3 Å². The molecule has 0 heterocycles. The molecule has 0 radical (unpaired) electrons. The van der Waals surface area contributed by atoms with Crippen LogP contribution in [0.1, 0.15) is 25.8 Å². The number of anilines is 2. The minimum absolute atomic E-state index is 0.0639. The van der Waals surface area contributed by atoms with Gasteiger partial charge in [0, 0.05) is 18.0 Å². The highest BCUT2D eigenvalue weighted by Crippen LogP contribution is 2.17. The first-order valence-corrected chi connectivity index (χ1v) is 7.30. The number of carbonyl (C=O) groups excluding carboxylic acids is 1. The predicted molar refractivity (Wildman–Crippen MR) is 85.3 cm³/mol. The van der Waals surface area contributed by atoms with E-state index in [9.17, 15) is 4.79 Å². The lowest BCUT2D eigenvalue weighted by molar-refractivity contribution is -0.117. The summed E-state index contributed by atoms with van der Waals surface area (Å²) in [7, 11) is 0. The average Bonchev–Trinajstić information content (AvgIpc) is 2.40. The van der Waals surface area contributed by atoms with Crippen LogP contribution in [0.5, 0.6) is 0 Å². The van der Waals surface area contributed by atoms with Crippen molar-refractivity contribution in [2.75, 3.05) is 37.5 Å². The summed E-state index contributed by atoms with van der Waals surface area (Å²) in [5, 5.41) is 2.85. The van der Waals surface area contributed by atoms with E-state index < -0.39 is 0 Å². The van der Waals surface area contributed by atoms with Gasteiger partial charge < -0.3 is 20.5 Å². The number of hydrogen-bond acceptors (Lipinski definition) is 4. The largest absolute Gasteiger partial charge is 0.399 e. The molecule has 0 aliphatic heterocycles. The third kappa shape index (κ3) is 7.68. The van der Waals surface area contributed by atoms with Crippen molar-refractivity contribution in [2.45, 2.75) is 27.2 Å².